The van der Waals surface area contributed by atoms with Crippen LogP contribution >= 0.6 is 24.1 Å². The van der Waals surface area contributed by atoms with Gasteiger partial charge in [-0.05, 0) is 42.0 Å². The van der Waals surface area contributed by atoms with Crippen molar-refractivity contribution in [2.24, 2.45) is 0 Å². The highest BCUT2D eigenvalue weighted by molar-refractivity contribution is 9.06. The number of hydrogen-bond acceptors (Lipinski definition) is 3. The summed E-state index contributed by atoms with van der Waals surface area (Å²) in [6.45, 7) is 0. The second-order valence-electron chi connectivity index (χ2n) is 8.27. The molecule has 0 fully saturated rings. The number of phosphoric acid groups is 1. The molecule has 0 heterocycles. The van der Waals surface area contributed by atoms with E-state index in [4.69, 9.17) is 4.52 Å². The van der Waals surface area contributed by atoms with Crippen LogP contribution in [0.2, 0.25) is 0 Å². The van der Waals surface area contributed by atoms with Crippen molar-refractivity contribution < 1.29 is 17.6 Å². The number of benzene rings is 3. The van der Waals surface area contributed by atoms with Gasteiger partial charge in [-0.2, -0.15) is 3.62 Å². The number of unbranched alkanes of at least 4 members (excludes halogenated alkanes) is 5. The van der Waals surface area contributed by atoms with Crippen LogP contribution in [0.3, 0.4) is 0 Å². The Morgan fingerprint density at radius 2 is 1.24 bits per heavy atom. The first-order valence-electron chi connectivity index (χ1n) is 11.6. The Kier molecular flexibility index (Phi) is 10.7. The maximum absolute atomic E-state index is 11.7. The van der Waals surface area contributed by atoms with Gasteiger partial charge in [-0.3, -0.25) is 4.89 Å². The zero-order valence-electron chi connectivity index (χ0n) is 18.8. The smallest absolute Gasteiger partial charge is 0.403 e. The highest BCUT2D eigenvalue weighted by atomic mass is 79.9. The van der Waals surface area contributed by atoms with Gasteiger partial charge in [0.15, 0.2) is 0 Å². The van der Waals surface area contributed by atoms with Crippen LogP contribution in [-0.4, -0.2) is 4.89 Å². The van der Waals surface area contributed by atoms with Gasteiger partial charge in [-0.15, -0.1) is 0 Å². The van der Waals surface area contributed by atoms with Crippen molar-refractivity contribution in [3.63, 3.8) is 0 Å². The minimum Gasteiger partial charge on any atom is -0.403 e. The molecule has 0 saturated heterocycles. The topological polar surface area (TPSA) is 55.8 Å². The fraction of sp³-hybridized carbons (Fsp3) is 0.333. The molecule has 1 atom stereocenters. The second kappa shape index (κ2) is 13.7. The summed E-state index contributed by atoms with van der Waals surface area (Å²) >= 11 is 2.54. The molecule has 0 bridgehead atoms. The zero-order valence-corrected chi connectivity index (χ0v) is 21.3. The second-order valence-corrected chi connectivity index (χ2v) is 10.4. The van der Waals surface area contributed by atoms with Gasteiger partial charge >= 0.3 is 7.82 Å². The third-order valence-corrected chi connectivity index (χ3v) is 7.57. The third-order valence-electron chi connectivity index (χ3n) is 5.87. The molecule has 0 saturated carbocycles. The van der Waals surface area contributed by atoms with Crippen LogP contribution in [0, 0.1) is 0 Å². The number of phosphoric ester groups is 1. The van der Waals surface area contributed by atoms with Crippen molar-refractivity contribution in [2.45, 2.75) is 57.3 Å². The Balaban J connectivity index is 1.39. The molecule has 3 aromatic rings. The summed E-state index contributed by atoms with van der Waals surface area (Å²) in [7, 11) is -4.12. The molecule has 0 radical (unpaired) electrons. The quantitative estimate of drug-likeness (QED) is 0.167. The molecular formula is C27H32BrO4P. The van der Waals surface area contributed by atoms with Crippen LogP contribution in [-0.2, 0) is 14.6 Å². The number of rotatable bonds is 14. The minimum absolute atomic E-state index is 0.399. The van der Waals surface area contributed by atoms with Crippen molar-refractivity contribution in [1.82, 2.24) is 0 Å². The SMILES string of the molecule is O=P(O)(OBr)Oc1ccccc1CCCCCCCCC(c1ccccc1)c1ccccc1. The summed E-state index contributed by atoms with van der Waals surface area (Å²) in [5, 5.41) is 0. The number of para-hydroxylation sites is 1. The minimum atomic E-state index is -4.12. The summed E-state index contributed by atoms with van der Waals surface area (Å²) in [6, 6.07) is 28.9. The monoisotopic (exact) mass is 530 g/mol. The normalized spacial score (nSPS) is 13.1. The first-order valence-corrected chi connectivity index (χ1v) is 13.7. The summed E-state index contributed by atoms with van der Waals surface area (Å²) in [6.07, 6.45) is 8.96. The molecule has 0 aliphatic rings. The first kappa shape index (κ1) is 25.7. The summed E-state index contributed by atoms with van der Waals surface area (Å²) in [5.74, 6) is 0.852. The molecule has 1 unspecified atom stereocenters. The molecule has 4 nitrogen and oxygen atoms in total. The van der Waals surface area contributed by atoms with E-state index < -0.39 is 7.82 Å². The predicted molar refractivity (Wildman–Crippen MR) is 138 cm³/mol. The van der Waals surface area contributed by atoms with E-state index in [0.29, 0.717) is 11.7 Å². The van der Waals surface area contributed by atoms with Crippen LogP contribution in [0.15, 0.2) is 84.9 Å². The molecule has 1 N–H and O–H groups in total. The van der Waals surface area contributed by atoms with Gasteiger partial charge in [0.25, 0.3) is 0 Å². The molecule has 0 aromatic heterocycles. The lowest BCUT2D eigenvalue weighted by molar-refractivity contribution is 0.310. The lowest BCUT2D eigenvalue weighted by atomic mass is 9.87. The van der Waals surface area contributed by atoms with Gasteiger partial charge < -0.3 is 4.52 Å². The van der Waals surface area contributed by atoms with Crippen molar-refractivity contribution in [3.8, 4) is 5.75 Å². The van der Waals surface area contributed by atoms with Crippen molar-refractivity contribution in [2.75, 3.05) is 0 Å². The first-order chi connectivity index (χ1) is 16.1. The van der Waals surface area contributed by atoms with E-state index in [0.717, 1.165) is 31.2 Å². The maximum atomic E-state index is 11.7. The Morgan fingerprint density at radius 1 is 0.727 bits per heavy atom. The number of aryl methyl sites for hydroxylation is 1. The van der Waals surface area contributed by atoms with Crippen molar-refractivity contribution >= 4 is 24.1 Å². The molecule has 33 heavy (non-hydrogen) atoms. The van der Waals surface area contributed by atoms with Gasteiger partial charge in [0, 0.05) is 5.92 Å². The van der Waals surface area contributed by atoms with E-state index in [9.17, 15) is 9.46 Å². The molecule has 176 valence electrons. The van der Waals surface area contributed by atoms with Crippen LogP contribution in [0.4, 0.5) is 0 Å². The zero-order chi connectivity index (χ0) is 23.4. The van der Waals surface area contributed by atoms with Crippen molar-refractivity contribution in [1.29, 1.82) is 0 Å². The number of hydrogen-bond donors (Lipinski definition) is 1. The van der Waals surface area contributed by atoms with E-state index in [2.05, 4.69) is 80.5 Å². The summed E-state index contributed by atoms with van der Waals surface area (Å²) in [4.78, 5) is 9.54. The van der Waals surface area contributed by atoms with E-state index in [1.807, 2.05) is 12.1 Å². The summed E-state index contributed by atoms with van der Waals surface area (Å²) < 4.78 is 21.2. The van der Waals surface area contributed by atoms with Gasteiger partial charge in [-0.1, -0.05) is 111 Å². The Labute approximate surface area is 206 Å². The Morgan fingerprint density at radius 3 is 1.85 bits per heavy atom. The van der Waals surface area contributed by atoms with Gasteiger partial charge in [0.1, 0.15) is 22.0 Å². The third kappa shape index (κ3) is 8.75. The largest absolute Gasteiger partial charge is 0.538 e. The fourth-order valence-corrected chi connectivity index (χ4v) is 4.84. The molecule has 0 aliphatic heterocycles. The van der Waals surface area contributed by atoms with Crippen molar-refractivity contribution in [3.05, 3.63) is 102 Å². The molecule has 0 spiro atoms. The molecule has 0 amide bonds. The summed E-state index contributed by atoms with van der Waals surface area (Å²) in [5.41, 5.74) is 3.70. The van der Waals surface area contributed by atoms with Gasteiger partial charge in [0.2, 0.25) is 0 Å². The average Bonchev–Trinajstić information content (AvgIpc) is 2.85. The Hall–Kier alpha value is -1.91. The van der Waals surface area contributed by atoms with Gasteiger partial charge in [-0.25, -0.2) is 4.57 Å². The predicted octanol–water partition coefficient (Wildman–Crippen LogP) is 8.60. The molecule has 3 aromatic carbocycles. The maximum Gasteiger partial charge on any atom is 0.538 e. The lowest BCUT2D eigenvalue weighted by Gasteiger charge is -2.18. The molecular weight excluding hydrogens is 499 g/mol. The van der Waals surface area contributed by atoms with Crippen LogP contribution in [0.1, 0.15) is 67.6 Å². The van der Waals surface area contributed by atoms with Crippen LogP contribution in [0.5, 0.6) is 5.75 Å². The van der Waals surface area contributed by atoms with E-state index in [-0.39, 0.29) is 0 Å². The highest BCUT2D eigenvalue weighted by Crippen LogP contribution is 2.46. The van der Waals surface area contributed by atoms with E-state index >= 15 is 0 Å². The average molecular weight is 531 g/mol. The van der Waals surface area contributed by atoms with E-state index in [1.54, 1.807) is 12.1 Å². The van der Waals surface area contributed by atoms with E-state index in [1.165, 1.54) is 36.8 Å². The van der Waals surface area contributed by atoms with Crippen LogP contribution in [0.25, 0.3) is 0 Å². The molecule has 0 aliphatic carbocycles. The molecule has 3 rings (SSSR count). The fourth-order valence-electron chi connectivity index (χ4n) is 4.21. The standard InChI is InChI=1S/C27H32BrO4P/c28-32-33(29,30)31-27-22-14-13-20-25(27)19-7-3-1-2-4-12-21-26(23-15-8-5-9-16-23)24-17-10-6-11-18-24/h5-6,8-11,13-18,20,22,26H,1-4,7,12,19,21H2,(H,29,30). The highest BCUT2D eigenvalue weighted by Gasteiger charge is 2.23. The van der Waals surface area contributed by atoms with Crippen LogP contribution < -0.4 is 4.52 Å². The lowest BCUT2D eigenvalue weighted by Crippen LogP contribution is -2.01. The van der Waals surface area contributed by atoms with Gasteiger partial charge in [0.05, 0.1) is 0 Å². The Bertz CT molecular complexity index is 958. The number of halogens is 1. The molecule has 6 heteroatoms.